The van der Waals surface area contributed by atoms with Gasteiger partial charge in [0, 0.05) is 17.6 Å². The highest BCUT2D eigenvalue weighted by Crippen LogP contribution is 2.21. The fourth-order valence-electron chi connectivity index (χ4n) is 3.20. The van der Waals surface area contributed by atoms with Crippen LogP contribution in [-0.2, 0) is 0 Å². The number of hydrogen-bond donors (Lipinski definition) is 0. The quantitative estimate of drug-likeness (QED) is 0.336. The van der Waals surface area contributed by atoms with Gasteiger partial charge < -0.3 is 0 Å². The molecule has 0 heterocycles. The lowest BCUT2D eigenvalue weighted by molar-refractivity contribution is 0.830. The largest absolute Gasteiger partial charge is 0.0664 e. The lowest BCUT2D eigenvalue weighted by Gasteiger charge is -2.21. The predicted octanol–water partition coefficient (Wildman–Crippen LogP) is 6.18. The maximum absolute atomic E-state index is 2.37. The van der Waals surface area contributed by atoms with Gasteiger partial charge in [-0.1, -0.05) is 109 Å². The lowest BCUT2D eigenvalue weighted by atomic mass is 10.4. The van der Waals surface area contributed by atoms with Crippen LogP contribution in [0.15, 0.2) is 0 Å². The van der Waals surface area contributed by atoms with Crippen molar-refractivity contribution in [3.8, 4) is 0 Å². The van der Waals surface area contributed by atoms with E-state index < -0.39 is 0 Å². The summed E-state index contributed by atoms with van der Waals surface area (Å²) in [7, 11) is -0.701. The van der Waals surface area contributed by atoms with Gasteiger partial charge in [-0.25, -0.2) is 0 Å². The van der Waals surface area contributed by atoms with E-state index in [-0.39, 0.29) is 17.6 Å². The van der Waals surface area contributed by atoms with Crippen molar-refractivity contribution in [2.45, 2.75) is 109 Å². The summed E-state index contributed by atoms with van der Waals surface area (Å²) >= 11 is 0. The molecule has 0 aliphatic heterocycles. The molecule has 0 atom stereocenters. The molecule has 116 valence electrons. The molecule has 0 aromatic heterocycles. The van der Waals surface area contributed by atoms with E-state index in [1.54, 1.807) is 29.8 Å². The van der Waals surface area contributed by atoms with Crippen molar-refractivity contribution in [1.82, 2.24) is 0 Å². The van der Waals surface area contributed by atoms with E-state index in [4.69, 9.17) is 0 Å². The van der Waals surface area contributed by atoms with Crippen LogP contribution >= 0.6 is 0 Å². The monoisotopic (exact) mass is 300 g/mol. The van der Waals surface area contributed by atoms with Crippen LogP contribution in [-0.4, -0.2) is 17.6 Å². The predicted molar refractivity (Wildman–Crippen MR) is 98.0 cm³/mol. The van der Waals surface area contributed by atoms with E-state index in [0.29, 0.717) is 0 Å². The first kappa shape index (κ1) is 19.4. The Labute approximate surface area is 127 Å². The summed E-state index contributed by atoms with van der Waals surface area (Å²) in [4.78, 5) is 0. The van der Waals surface area contributed by atoms with E-state index in [0.717, 1.165) is 0 Å². The van der Waals surface area contributed by atoms with E-state index >= 15 is 0 Å². The second-order valence-electron chi connectivity index (χ2n) is 6.54. The molecule has 0 saturated carbocycles. The highest BCUT2D eigenvalue weighted by atomic mass is 28.3. The normalized spacial score (nSPS) is 11.7. The van der Waals surface area contributed by atoms with Crippen LogP contribution in [0.4, 0.5) is 0 Å². The second kappa shape index (κ2) is 14.8. The van der Waals surface area contributed by atoms with Crippen LogP contribution in [0.5, 0.6) is 0 Å². The van der Waals surface area contributed by atoms with Crippen LogP contribution in [0.3, 0.4) is 0 Å². The molecule has 0 fully saturated rings. The second-order valence-corrected chi connectivity index (χ2v) is 14.2. The molecule has 0 N–H and O–H groups in total. The Morgan fingerprint density at radius 3 is 0.947 bits per heavy atom. The molecule has 0 bridgehead atoms. The van der Waals surface area contributed by atoms with Crippen molar-refractivity contribution in [1.29, 1.82) is 0 Å². The minimum atomic E-state index is -0.351. The minimum Gasteiger partial charge on any atom is -0.0664 e. The maximum atomic E-state index is 2.37. The average Bonchev–Trinajstić information content (AvgIpc) is 2.44. The Kier molecular flexibility index (Phi) is 15.2. The van der Waals surface area contributed by atoms with Gasteiger partial charge in [0.1, 0.15) is 0 Å². The molecule has 0 radical (unpaired) electrons. The van der Waals surface area contributed by atoms with Gasteiger partial charge in [-0.05, 0) is 0 Å². The Morgan fingerprint density at radius 2 is 0.737 bits per heavy atom. The zero-order valence-electron chi connectivity index (χ0n) is 14.3. The maximum Gasteiger partial charge on any atom is 0.0339 e. The fraction of sp³-hybridized carbons (Fsp3) is 1.00. The fourth-order valence-corrected chi connectivity index (χ4v) is 15.3. The molecule has 0 amide bonds. The third kappa shape index (κ3) is 11.9. The van der Waals surface area contributed by atoms with Crippen molar-refractivity contribution in [2.24, 2.45) is 0 Å². The molecule has 0 aromatic carbocycles. The van der Waals surface area contributed by atoms with Gasteiger partial charge in [0.2, 0.25) is 0 Å². The smallest absolute Gasteiger partial charge is 0.0339 e. The number of unbranched alkanes of at least 4 members (excludes halogenated alkanes) is 4. The summed E-state index contributed by atoms with van der Waals surface area (Å²) in [5.74, 6) is 0. The third-order valence-electron chi connectivity index (χ3n) is 4.53. The van der Waals surface area contributed by atoms with Crippen LogP contribution in [0, 0.1) is 0 Å². The third-order valence-corrected chi connectivity index (χ3v) is 14.8. The molecule has 19 heavy (non-hydrogen) atoms. The van der Waals surface area contributed by atoms with E-state index in [1.807, 2.05) is 0 Å². The van der Waals surface area contributed by atoms with Gasteiger partial charge in [0.05, 0.1) is 0 Å². The lowest BCUT2D eigenvalue weighted by Crippen LogP contribution is -2.24. The summed E-state index contributed by atoms with van der Waals surface area (Å²) in [6, 6.07) is 6.66. The van der Waals surface area contributed by atoms with Crippen molar-refractivity contribution < 1.29 is 0 Å². The molecular weight excluding hydrogens is 260 g/mol. The van der Waals surface area contributed by atoms with Crippen molar-refractivity contribution in [3.63, 3.8) is 0 Å². The van der Waals surface area contributed by atoms with E-state index in [2.05, 4.69) is 27.7 Å². The zero-order valence-corrected chi connectivity index (χ0v) is 16.7. The van der Waals surface area contributed by atoms with Gasteiger partial charge in [0.25, 0.3) is 0 Å². The molecule has 0 aromatic rings. The molecule has 0 aliphatic rings. The Balaban J connectivity index is 4.16. The Bertz CT molecular complexity index is 137. The van der Waals surface area contributed by atoms with Crippen LogP contribution in [0.2, 0.25) is 29.8 Å². The first-order valence-electron chi connectivity index (χ1n) is 9.28. The summed E-state index contributed by atoms with van der Waals surface area (Å²) in [6.45, 7) is 9.48. The summed E-state index contributed by atoms with van der Waals surface area (Å²) in [6.07, 6.45) is 11.8. The minimum absolute atomic E-state index is 0.351. The SMILES string of the molecule is CCCC[SiH](CCCC)C[SiH](CCCC)CCCC. The van der Waals surface area contributed by atoms with Crippen LogP contribution in [0.1, 0.15) is 79.1 Å². The molecule has 0 spiro atoms. The van der Waals surface area contributed by atoms with Crippen molar-refractivity contribution >= 4 is 17.6 Å². The zero-order chi connectivity index (χ0) is 14.3. The highest BCUT2D eigenvalue weighted by molar-refractivity contribution is 6.77. The highest BCUT2D eigenvalue weighted by Gasteiger charge is 2.17. The standard InChI is InChI=1S/C17H40Si2/c1-5-9-13-18(14-10-6-2)17-19(15-11-7-3)16-12-8-4/h18-19H,5-17H2,1-4H3. The van der Waals surface area contributed by atoms with E-state index in [1.165, 1.54) is 51.4 Å². The summed E-state index contributed by atoms with van der Waals surface area (Å²) < 4.78 is 0. The van der Waals surface area contributed by atoms with Crippen LogP contribution < -0.4 is 0 Å². The molecule has 0 unspecified atom stereocenters. The topological polar surface area (TPSA) is 0 Å². The molecule has 0 aliphatic carbocycles. The first-order chi connectivity index (χ1) is 9.28. The Morgan fingerprint density at radius 1 is 0.474 bits per heavy atom. The molecule has 0 saturated heterocycles. The van der Waals surface area contributed by atoms with Gasteiger partial charge in [0.15, 0.2) is 0 Å². The first-order valence-corrected chi connectivity index (χ1v) is 14.2. The van der Waals surface area contributed by atoms with Gasteiger partial charge in [-0.2, -0.15) is 0 Å². The molecular formula is C17H40Si2. The molecule has 0 nitrogen and oxygen atoms in total. The molecule has 2 heteroatoms. The van der Waals surface area contributed by atoms with Crippen molar-refractivity contribution in [3.05, 3.63) is 0 Å². The van der Waals surface area contributed by atoms with Crippen molar-refractivity contribution in [2.75, 3.05) is 0 Å². The Hall–Kier alpha value is 0.434. The summed E-state index contributed by atoms with van der Waals surface area (Å²) in [5.41, 5.74) is 1.81. The number of rotatable bonds is 14. The summed E-state index contributed by atoms with van der Waals surface area (Å²) in [5, 5.41) is 0. The number of hydrogen-bond acceptors (Lipinski definition) is 0. The van der Waals surface area contributed by atoms with Gasteiger partial charge in [-0.3, -0.25) is 0 Å². The van der Waals surface area contributed by atoms with E-state index in [9.17, 15) is 0 Å². The molecule has 0 rings (SSSR count). The van der Waals surface area contributed by atoms with Crippen LogP contribution in [0.25, 0.3) is 0 Å². The van der Waals surface area contributed by atoms with Gasteiger partial charge >= 0.3 is 0 Å². The van der Waals surface area contributed by atoms with Gasteiger partial charge in [-0.15, -0.1) is 0 Å². The average molecular weight is 301 g/mol.